The summed E-state index contributed by atoms with van der Waals surface area (Å²) in [6.45, 7) is 10.1. The number of carbonyl (C=O) groups is 2. The van der Waals surface area contributed by atoms with Crippen LogP contribution >= 0.6 is 11.6 Å². The number of nitrogens with zero attached hydrogens (tertiary/aromatic N) is 2. The summed E-state index contributed by atoms with van der Waals surface area (Å²) in [4.78, 5) is 30.0. The molecule has 0 aromatic heterocycles. The maximum atomic E-state index is 13.6. The van der Waals surface area contributed by atoms with Crippen molar-refractivity contribution in [2.45, 2.75) is 59.4 Å². The van der Waals surface area contributed by atoms with Gasteiger partial charge in [-0.3, -0.25) is 4.90 Å². The van der Waals surface area contributed by atoms with Gasteiger partial charge in [-0.1, -0.05) is 55.8 Å². The fourth-order valence-electron chi connectivity index (χ4n) is 3.73. The van der Waals surface area contributed by atoms with E-state index in [1.807, 2.05) is 77.1 Å². The van der Waals surface area contributed by atoms with Crippen molar-refractivity contribution in [1.82, 2.24) is 4.90 Å². The molecule has 0 spiro atoms. The lowest BCUT2D eigenvalue weighted by Crippen LogP contribution is -2.56. The van der Waals surface area contributed by atoms with Gasteiger partial charge in [0.25, 0.3) is 0 Å². The summed E-state index contributed by atoms with van der Waals surface area (Å²) in [7, 11) is 0. The van der Waals surface area contributed by atoms with Crippen molar-refractivity contribution in [2.24, 2.45) is 5.92 Å². The van der Waals surface area contributed by atoms with Crippen LogP contribution in [0.15, 0.2) is 48.5 Å². The van der Waals surface area contributed by atoms with E-state index >= 15 is 0 Å². The number of hydrogen-bond acceptors (Lipinski definition) is 3. The first-order chi connectivity index (χ1) is 14.1. The van der Waals surface area contributed by atoms with E-state index in [4.69, 9.17) is 16.3 Å². The Bertz CT molecular complexity index is 936. The maximum Gasteiger partial charge on any atom is 0.329 e. The van der Waals surface area contributed by atoms with Crippen LogP contribution in [0.4, 0.5) is 10.5 Å². The fourth-order valence-corrected chi connectivity index (χ4v) is 3.94. The second kappa shape index (κ2) is 8.68. The van der Waals surface area contributed by atoms with Crippen molar-refractivity contribution >= 4 is 29.3 Å². The van der Waals surface area contributed by atoms with Gasteiger partial charge >= 0.3 is 12.0 Å². The van der Waals surface area contributed by atoms with Crippen LogP contribution in [0.1, 0.15) is 45.7 Å². The smallest absolute Gasteiger partial charge is 0.329 e. The van der Waals surface area contributed by atoms with Crippen LogP contribution in [0.2, 0.25) is 5.02 Å². The molecule has 0 saturated carbocycles. The van der Waals surface area contributed by atoms with Gasteiger partial charge in [0.1, 0.15) is 11.6 Å². The van der Waals surface area contributed by atoms with Crippen molar-refractivity contribution in [3.63, 3.8) is 0 Å². The summed E-state index contributed by atoms with van der Waals surface area (Å²) in [6.07, 6.45) is 0. The molecule has 0 unspecified atom stereocenters. The second-order valence-electron chi connectivity index (χ2n) is 8.98. The highest BCUT2D eigenvalue weighted by Gasteiger charge is 2.40. The summed E-state index contributed by atoms with van der Waals surface area (Å²) >= 11 is 6.15. The summed E-state index contributed by atoms with van der Waals surface area (Å²) in [5, 5.41) is 0.621. The molecule has 1 aliphatic rings. The molecule has 2 aromatic rings. The number of urea groups is 1. The molecule has 0 fully saturated rings. The molecule has 0 aliphatic carbocycles. The quantitative estimate of drug-likeness (QED) is 0.578. The normalized spacial score (nSPS) is 15.2. The highest BCUT2D eigenvalue weighted by molar-refractivity contribution is 6.30. The molecule has 0 N–H and O–H groups in total. The maximum absolute atomic E-state index is 13.6. The molecule has 0 saturated heterocycles. The number of esters is 1. The third kappa shape index (κ3) is 4.96. The zero-order chi connectivity index (χ0) is 22.1. The van der Waals surface area contributed by atoms with Gasteiger partial charge in [0.2, 0.25) is 0 Å². The Morgan fingerprint density at radius 2 is 1.83 bits per heavy atom. The van der Waals surface area contributed by atoms with E-state index in [0.717, 1.165) is 16.8 Å². The number of anilines is 1. The number of benzene rings is 2. The molecule has 160 valence electrons. The fraction of sp³-hybridized carbons (Fsp3) is 0.417. The average Bonchev–Trinajstić information content (AvgIpc) is 2.63. The number of halogens is 1. The van der Waals surface area contributed by atoms with Crippen LogP contribution < -0.4 is 4.90 Å². The topological polar surface area (TPSA) is 49.9 Å². The first-order valence-corrected chi connectivity index (χ1v) is 10.6. The number of hydrogen-bond donors (Lipinski definition) is 0. The molecular weight excluding hydrogens is 400 g/mol. The molecule has 1 aliphatic heterocycles. The van der Waals surface area contributed by atoms with E-state index in [-0.39, 0.29) is 17.9 Å². The van der Waals surface area contributed by atoms with Gasteiger partial charge in [-0.05, 0) is 56.0 Å². The van der Waals surface area contributed by atoms with Gasteiger partial charge < -0.3 is 9.64 Å². The van der Waals surface area contributed by atoms with E-state index in [2.05, 4.69) is 0 Å². The lowest BCUT2D eigenvalue weighted by molar-refractivity contribution is -0.162. The zero-order valence-corrected chi connectivity index (χ0v) is 18.9. The van der Waals surface area contributed by atoms with Crippen molar-refractivity contribution < 1.29 is 14.3 Å². The molecule has 5 nitrogen and oxygen atoms in total. The van der Waals surface area contributed by atoms with Crippen LogP contribution in [0.3, 0.4) is 0 Å². The zero-order valence-electron chi connectivity index (χ0n) is 18.2. The highest BCUT2D eigenvalue weighted by Crippen LogP contribution is 2.33. The third-order valence-electron chi connectivity index (χ3n) is 4.94. The van der Waals surface area contributed by atoms with Crippen LogP contribution in [0.5, 0.6) is 0 Å². The number of carbonyl (C=O) groups excluding carboxylic acids is 2. The Kier molecular flexibility index (Phi) is 6.41. The first kappa shape index (κ1) is 22.2. The Hall–Kier alpha value is -2.53. The van der Waals surface area contributed by atoms with Crippen LogP contribution in [-0.4, -0.2) is 28.5 Å². The van der Waals surface area contributed by atoms with Gasteiger partial charge in [-0.15, -0.1) is 0 Å². The Morgan fingerprint density at radius 1 is 1.13 bits per heavy atom. The van der Waals surface area contributed by atoms with E-state index in [0.29, 0.717) is 18.1 Å². The molecule has 6 heteroatoms. The molecule has 1 heterocycles. The van der Waals surface area contributed by atoms with Gasteiger partial charge in [0.05, 0.1) is 18.8 Å². The summed E-state index contributed by atoms with van der Waals surface area (Å²) in [6, 6.07) is 14.4. The largest absolute Gasteiger partial charge is 0.458 e. The number of para-hydroxylation sites is 1. The Labute approximate surface area is 183 Å². The van der Waals surface area contributed by atoms with Crippen molar-refractivity contribution in [1.29, 1.82) is 0 Å². The van der Waals surface area contributed by atoms with E-state index in [1.165, 1.54) is 0 Å². The Balaban J connectivity index is 1.98. The average molecular weight is 429 g/mol. The number of rotatable bonds is 5. The molecular formula is C24H29ClN2O3. The predicted octanol–water partition coefficient (Wildman–Crippen LogP) is 5.65. The second-order valence-corrected chi connectivity index (χ2v) is 9.41. The minimum Gasteiger partial charge on any atom is -0.458 e. The molecule has 2 aromatic carbocycles. The van der Waals surface area contributed by atoms with Gasteiger partial charge in [0.15, 0.2) is 0 Å². The van der Waals surface area contributed by atoms with E-state index < -0.39 is 11.6 Å². The first-order valence-electron chi connectivity index (χ1n) is 10.2. The number of fused-ring (bicyclic) bond motifs is 1. The van der Waals surface area contributed by atoms with E-state index in [1.54, 1.807) is 15.9 Å². The molecule has 30 heavy (non-hydrogen) atoms. The van der Waals surface area contributed by atoms with E-state index in [9.17, 15) is 9.59 Å². The summed E-state index contributed by atoms with van der Waals surface area (Å²) in [5.74, 6) is -0.477. The predicted molar refractivity (Wildman–Crippen MR) is 119 cm³/mol. The minimum atomic E-state index is -0.674. The molecule has 1 atom stereocenters. The third-order valence-corrected chi connectivity index (χ3v) is 5.18. The van der Waals surface area contributed by atoms with Gasteiger partial charge in [-0.25, -0.2) is 9.59 Å². The monoisotopic (exact) mass is 428 g/mol. The SMILES string of the molecule is CC(C)[C@@H](C(=O)OC(C)(C)C)N1Cc2ccccc2N(Cc2cccc(Cl)c2)C1=O. The lowest BCUT2D eigenvalue weighted by atomic mass is 9.99. The number of ether oxygens (including phenoxy) is 1. The molecule has 3 rings (SSSR count). The van der Waals surface area contributed by atoms with Gasteiger partial charge in [-0.2, -0.15) is 0 Å². The highest BCUT2D eigenvalue weighted by atomic mass is 35.5. The molecule has 0 radical (unpaired) electrons. The minimum absolute atomic E-state index is 0.0953. The summed E-state index contributed by atoms with van der Waals surface area (Å²) < 4.78 is 5.65. The van der Waals surface area contributed by atoms with Crippen molar-refractivity contribution in [3.8, 4) is 0 Å². The van der Waals surface area contributed by atoms with Crippen molar-refractivity contribution in [2.75, 3.05) is 4.90 Å². The van der Waals surface area contributed by atoms with Crippen LogP contribution in [0.25, 0.3) is 0 Å². The number of amides is 2. The lowest BCUT2D eigenvalue weighted by Gasteiger charge is -2.42. The molecule has 2 amide bonds. The summed E-state index contributed by atoms with van der Waals surface area (Å²) in [5.41, 5.74) is 2.14. The molecule has 0 bridgehead atoms. The Morgan fingerprint density at radius 3 is 2.47 bits per heavy atom. The van der Waals surface area contributed by atoms with Crippen LogP contribution in [0, 0.1) is 5.92 Å². The van der Waals surface area contributed by atoms with Gasteiger partial charge in [0, 0.05) is 5.02 Å². The van der Waals surface area contributed by atoms with Crippen molar-refractivity contribution in [3.05, 3.63) is 64.7 Å². The standard InChI is InChI=1S/C24H29ClN2O3/c1-16(2)21(22(28)30-24(3,4)5)27-15-18-10-6-7-12-20(18)26(23(27)29)14-17-9-8-11-19(25)13-17/h6-13,16,21H,14-15H2,1-5H3/t21-/m0/s1. The van der Waals surface area contributed by atoms with Crippen LogP contribution in [-0.2, 0) is 22.6 Å².